The summed E-state index contributed by atoms with van der Waals surface area (Å²) in [5.41, 5.74) is 0. The molecule has 2 unspecified atom stereocenters. The minimum absolute atomic E-state index is 0.0645. The van der Waals surface area contributed by atoms with Gasteiger partial charge in [0.25, 0.3) is 0 Å². The number of hydrogen-bond acceptors (Lipinski definition) is 3. The van der Waals surface area contributed by atoms with Gasteiger partial charge < -0.3 is 15.5 Å². The number of carbonyl (C=O) groups is 1. The molecule has 0 radical (unpaired) electrons. The third kappa shape index (κ3) is 43.1. The van der Waals surface area contributed by atoms with Crippen LogP contribution in [-0.4, -0.2) is 34.9 Å². The summed E-state index contributed by atoms with van der Waals surface area (Å²) in [4.78, 5) is 12.4. The van der Waals surface area contributed by atoms with Crippen molar-refractivity contribution in [3.05, 3.63) is 60.8 Å². The van der Waals surface area contributed by atoms with E-state index in [0.717, 1.165) is 51.4 Å². The van der Waals surface area contributed by atoms with Gasteiger partial charge in [0, 0.05) is 6.42 Å². The third-order valence-electron chi connectivity index (χ3n) is 10.8. The number of aliphatic hydroxyl groups excluding tert-OH is 2. The molecule has 0 bridgehead atoms. The minimum Gasteiger partial charge on any atom is -0.394 e. The molecule has 0 spiro atoms. The molecule has 3 N–H and O–H groups in total. The molecule has 0 heterocycles. The van der Waals surface area contributed by atoms with E-state index < -0.39 is 12.1 Å². The Morgan fingerprint density at radius 1 is 0.455 bits per heavy atom. The zero-order valence-corrected chi connectivity index (χ0v) is 36.7. The monoisotopic (exact) mass is 768 g/mol. The maximum absolute atomic E-state index is 12.4. The van der Waals surface area contributed by atoms with Crippen LogP contribution in [0, 0.1) is 0 Å². The predicted molar refractivity (Wildman–Crippen MR) is 244 cm³/mol. The molecule has 4 nitrogen and oxygen atoms in total. The van der Waals surface area contributed by atoms with Crippen LogP contribution in [0.1, 0.15) is 239 Å². The van der Waals surface area contributed by atoms with Crippen molar-refractivity contribution in [2.75, 3.05) is 6.61 Å². The number of hydrogen-bond donors (Lipinski definition) is 3. The zero-order valence-electron chi connectivity index (χ0n) is 36.7. The highest BCUT2D eigenvalue weighted by molar-refractivity contribution is 5.76. The van der Waals surface area contributed by atoms with Crippen molar-refractivity contribution in [2.24, 2.45) is 0 Å². The van der Waals surface area contributed by atoms with Gasteiger partial charge in [-0.05, 0) is 57.8 Å². The van der Waals surface area contributed by atoms with Gasteiger partial charge in [-0.2, -0.15) is 0 Å². The maximum Gasteiger partial charge on any atom is 0.220 e. The lowest BCUT2D eigenvalue weighted by atomic mass is 10.0. The van der Waals surface area contributed by atoms with Crippen LogP contribution in [0.25, 0.3) is 0 Å². The van der Waals surface area contributed by atoms with Gasteiger partial charge in [0.15, 0.2) is 0 Å². The van der Waals surface area contributed by atoms with E-state index in [2.05, 4.69) is 67.8 Å². The van der Waals surface area contributed by atoms with Gasteiger partial charge in [-0.1, -0.05) is 235 Å². The third-order valence-corrected chi connectivity index (χ3v) is 10.8. The van der Waals surface area contributed by atoms with Crippen molar-refractivity contribution in [3.63, 3.8) is 0 Å². The van der Waals surface area contributed by atoms with Gasteiger partial charge >= 0.3 is 0 Å². The lowest BCUT2D eigenvalue weighted by Gasteiger charge is -2.20. The van der Waals surface area contributed by atoms with Gasteiger partial charge in [-0.25, -0.2) is 0 Å². The smallest absolute Gasteiger partial charge is 0.220 e. The zero-order chi connectivity index (χ0) is 40.0. The van der Waals surface area contributed by atoms with E-state index in [1.165, 1.54) is 167 Å². The van der Waals surface area contributed by atoms with E-state index in [1.807, 2.05) is 6.08 Å². The van der Waals surface area contributed by atoms with Crippen LogP contribution in [0.3, 0.4) is 0 Å². The van der Waals surface area contributed by atoms with E-state index >= 15 is 0 Å². The molecule has 320 valence electrons. The van der Waals surface area contributed by atoms with Crippen molar-refractivity contribution in [1.82, 2.24) is 5.32 Å². The van der Waals surface area contributed by atoms with E-state index in [4.69, 9.17) is 0 Å². The molecule has 0 saturated heterocycles. The Bertz CT molecular complexity index is 919. The van der Waals surface area contributed by atoms with Crippen LogP contribution in [0.15, 0.2) is 60.8 Å². The first-order valence-corrected chi connectivity index (χ1v) is 24.0. The first-order chi connectivity index (χ1) is 27.2. The van der Waals surface area contributed by atoms with Crippen LogP contribution in [0.4, 0.5) is 0 Å². The van der Waals surface area contributed by atoms with Gasteiger partial charge in [0.05, 0.1) is 18.8 Å². The molecule has 2 atom stereocenters. The van der Waals surface area contributed by atoms with Gasteiger partial charge in [0.2, 0.25) is 5.91 Å². The fraction of sp³-hybridized carbons (Fsp3) is 0.784. The number of allylic oxidation sites excluding steroid dienone is 9. The summed E-state index contributed by atoms with van der Waals surface area (Å²) in [5, 5.41) is 23.0. The summed E-state index contributed by atoms with van der Waals surface area (Å²) in [6.45, 7) is 4.19. The summed E-state index contributed by atoms with van der Waals surface area (Å²) in [7, 11) is 0. The first-order valence-electron chi connectivity index (χ1n) is 24.0. The van der Waals surface area contributed by atoms with E-state index in [0.29, 0.717) is 6.42 Å². The van der Waals surface area contributed by atoms with Crippen molar-refractivity contribution < 1.29 is 15.0 Å². The summed E-state index contributed by atoms with van der Waals surface area (Å²) in [6.07, 6.45) is 64.9. The second-order valence-corrected chi connectivity index (χ2v) is 16.1. The molecule has 4 heteroatoms. The summed E-state index contributed by atoms with van der Waals surface area (Å²) >= 11 is 0. The molecule has 0 aliphatic rings. The SMILES string of the molecule is CC/C=C\C/C=C\C/C=C\C/C=C\CCCCCCCCCCCCCCCCCCCCC(=O)NC(CO)C(O)/C=C/CCCCCCCCCCCC. The first kappa shape index (κ1) is 53.1. The Kier molecular flexibility index (Phi) is 44.9. The average molecular weight is 768 g/mol. The highest BCUT2D eigenvalue weighted by Crippen LogP contribution is 2.16. The van der Waals surface area contributed by atoms with E-state index in [9.17, 15) is 15.0 Å². The Balaban J connectivity index is 3.47. The highest BCUT2D eigenvalue weighted by Gasteiger charge is 2.17. The molecule has 0 aromatic carbocycles. The molecule has 0 aliphatic heterocycles. The van der Waals surface area contributed by atoms with Crippen LogP contribution >= 0.6 is 0 Å². The van der Waals surface area contributed by atoms with Crippen LogP contribution in [0.5, 0.6) is 0 Å². The fourth-order valence-corrected chi connectivity index (χ4v) is 7.11. The predicted octanol–water partition coefficient (Wildman–Crippen LogP) is 15.3. The molecule has 0 aliphatic carbocycles. The van der Waals surface area contributed by atoms with Crippen LogP contribution in [-0.2, 0) is 4.79 Å². The Morgan fingerprint density at radius 3 is 1.20 bits per heavy atom. The Hall–Kier alpha value is -1.91. The number of aliphatic hydroxyl groups is 2. The van der Waals surface area contributed by atoms with Crippen molar-refractivity contribution in [1.29, 1.82) is 0 Å². The number of rotatable bonds is 43. The molecular weight excluding hydrogens is 675 g/mol. The molecule has 0 aromatic heterocycles. The quantitative estimate of drug-likeness (QED) is 0.0427. The highest BCUT2D eigenvalue weighted by atomic mass is 16.3. The van der Waals surface area contributed by atoms with Crippen LogP contribution < -0.4 is 5.32 Å². The molecule has 0 saturated carbocycles. The fourth-order valence-electron chi connectivity index (χ4n) is 7.11. The topological polar surface area (TPSA) is 69.6 Å². The van der Waals surface area contributed by atoms with Crippen LogP contribution in [0.2, 0.25) is 0 Å². The number of nitrogens with one attached hydrogen (secondary N) is 1. The molecule has 0 fully saturated rings. The van der Waals surface area contributed by atoms with Crippen molar-refractivity contribution >= 4 is 5.91 Å². The lowest BCUT2D eigenvalue weighted by Crippen LogP contribution is -2.45. The molecule has 0 rings (SSSR count). The Morgan fingerprint density at radius 2 is 0.800 bits per heavy atom. The standard InChI is InChI=1S/C51H93NO3/c1-3-5-7-9-11-13-15-17-18-19-20-21-22-23-24-25-26-27-28-29-30-31-32-33-34-35-37-39-41-43-45-47-51(55)52-49(48-53)50(54)46-44-42-40-38-36-16-14-12-10-8-6-4-2/h5,7,11,13,17-18,20-21,44,46,49-50,53-54H,3-4,6,8-10,12,14-16,19,22-43,45,47-48H2,1-2H3,(H,52,55)/b7-5-,13-11-,18-17-,21-20-,46-44+. The number of carbonyl (C=O) groups excluding carboxylic acids is 1. The molecule has 55 heavy (non-hydrogen) atoms. The van der Waals surface area contributed by atoms with E-state index in [1.54, 1.807) is 6.08 Å². The number of unbranched alkanes of at least 4 members (excludes halogenated alkanes) is 28. The molecule has 0 aromatic rings. The van der Waals surface area contributed by atoms with E-state index in [-0.39, 0.29) is 12.5 Å². The summed E-state index contributed by atoms with van der Waals surface area (Å²) < 4.78 is 0. The molecule has 1 amide bonds. The maximum atomic E-state index is 12.4. The largest absolute Gasteiger partial charge is 0.394 e. The second-order valence-electron chi connectivity index (χ2n) is 16.1. The second kappa shape index (κ2) is 46.5. The van der Waals surface area contributed by atoms with Gasteiger partial charge in [-0.3, -0.25) is 4.79 Å². The average Bonchev–Trinajstić information content (AvgIpc) is 3.19. The normalized spacial score (nSPS) is 13.5. The number of amides is 1. The lowest BCUT2D eigenvalue weighted by molar-refractivity contribution is -0.123. The summed E-state index contributed by atoms with van der Waals surface area (Å²) in [6, 6.07) is -0.621. The molecular formula is C51H93NO3. The minimum atomic E-state index is -0.838. The van der Waals surface area contributed by atoms with Crippen molar-refractivity contribution in [3.8, 4) is 0 Å². The van der Waals surface area contributed by atoms with Gasteiger partial charge in [-0.15, -0.1) is 0 Å². The van der Waals surface area contributed by atoms with Crippen molar-refractivity contribution in [2.45, 2.75) is 251 Å². The Labute approximate surface area is 343 Å². The summed E-state index contributed by atoms with van der Waals surface area (Å²) in [5.74, 6) is -0.0645. The van der Waals surface area contributed by atoms with Gasteiger partial charge in [0.1, 0.15) is 0 Å².